The number of para-hydroxylation sites is 1. The Kier molecular flexibility index (Phi) is 3.99. The van der Waals surface area contributed by atoms with Crippen LogP contribution in [0.5, 0.6) is 5.75 Å². The Morgan fingerprint density at radius 1 is 1.14 bits per heavy atom. The number of alkyl halides is 3. The Bertz CT molecular complexity index is 1230. The van der Waals surface area contributed by atoms with Crippen LogP contribution in [0.1, 0.15) is 15.9 Å². The summed E-state index contributed by atoms with van der Waals surface area (Å²) in [5.74, 6) is -0.580. The number of halogens is 3. The first kappa shape index (κ1) is 17.8. The maximum Gasteiger partial charge on any atom is 0.416 e. The highest BCUT2D eigenvalue weighted by Gasteiger charge is 2.31. The van der Waals surface area contributed by atoms with E-state index in [0.717, 1.165) is 23.6 Å². The molecule has 0 fully saturated rings. The molecule has 0 saturated carbocycles. The van der Waals surface area contributed by atoms with Crippen molar-refractivity contribution in [1.82, 2.24) is 4.98 Å². The molecule has 2 heterocycles. The van der Waals surface area contributed by atoms with E-state index in [1.165, 1.54) is 13.2 Å². The molecule has 1 N–H and O–H groups in total. The molecule has 2 aromatic heterocycles. The number of pyridine rings is 1. The van der Waals surface area contributed by atoms with Gasteiger partial charge in [0.1, 0.15) is 5.69 Å². The Balaban J connectivity index is 1.95. The quantitative estimate of drug-likeness (QED) is 0.511. The number of furan rings is 1. The Morgan fingerprint density at radius 2 is 1.93 bits per heavy atom. The standard InChI is InChI=1S/C20H12F3NO4/c1-27-16-4-2-3-10-7-17(28-18(10)16)15-9-13(19(25)26)12-8-11(20(21,22)23)5-6-14(12)24-15/h2-9H,1H3,(H,25,26). The topological polar surface area (TPSA) is 72.6 Å². The second kappa shape index (κ2) is 6.26. The van der Waals surface area contributed by atoms with Crippen molar-refractivity contribution in [3.8, 4) is 17.2 Å². The first-order valence-corrected chi connectivity index (χ1v) is 8.10. The van der Waals surface area contributed by atoms with E-state index in [9.17, 15) is 23.1 Å². The highest BCUT2D eigenvalue weighted by atomic mass is 19.4. The average Bonchev–Trinajstić information content (AvgIpc) is 3.10. The van der Waals surface area contributed by atoms with E-state index < -0.39 is 17.7 Å². The number of fused-ring (bicyclic) bond motifs is 2. The van der Waals surface area contributed by atoms with Gasteiger partial charge in [0.05, 0.1) is 23.8 Å². The van der Waals surface area contributed by atoms with Crippen LogP contribution in [0, 0.1) is 0 Å². The normalized spacial score (nSPS) is 11.9. The molecule has 2 aromatic carbocycles. The smallest absolute Gasteiger partial charge is 0.416 e. The van der Waals surface area contributed by atoms with E-state index in [0.29, 0.717) is 11.3 Å². The Labute approximate surface area is 156 Å². The minimum atomic E-state index is -4.59. The number of carbonyl (C=O) groups is 1. The van der Waals surface area contributed by atoms with Crippen molar-refractivity contribution in [2.75, 3.05) is 7.11 Å². The fourth-order valence-corrected chi connectivity index (χ4v) is 3.03. The number of hydrogen-bond donors (Lipinski definition) is 1. The molecule has 0 aliphatic heterocycles. The monoisotopic (exact) mass is 387 g/mol. The fraction of sp³-hybridized carbons (Fsp3) is 0.100. The number of ether oxygens (including phenoxy) is 1. The molecule has 8 heteroatoms. The summed E-state index contributed by atoms with van der Waals surface area (Å²) in [5, 5.41) is 10.1. The van der Waals surface area contributed by atoms with Gasteiger partial charge < -0.3 is 14.3 Å². The van der Waals surface area contributed by atoms with Gasteiger partial charge in [-0.25, -0.2) is 9.78 Å². The lowest BCUT2D eigenvalue weighted by atomic mass is 10.0. The number of rotatable bonds is 3. The first-order chi connectivity index (χ1) is 13.3. The summed E-state index contributed by atoms with van der Waals surface area (Å²) in [6.07, 6.45) is -4.59. The fourth-order valence-electron chi connectivity index (χ4n) is 3.03. The van der Waals surface area contributed by atoms with Crippen molar-refractivity contribution < 1.29 is 32.2 Å². The number of hydrogen-bond acceptors (Lipinski definition) is 4. The number of aromatic nitrogens is 1. The molecule has 0 amide bonds. The van der Waals surface area contributed by atoms with Crippen LogP contribution in [0.4, 0.5) is 13.2 Å². The van der Waals surface area contributed by atoms with Gasteiger partial charge in [0.25, 0.3) is 0 Å². The predicted octanol–water partition coefficient (Wildman–Crippen LogP) is 5.37. The van der Waals surface area contributed by atoms with Crippen molar-refractivity contribution in [2.45, 2.75) is 6.18 Å². The molecule has 0 atom stereocenters. The lowest BCUT2D eigenvalue weighted by molar-refractivity contribution is -0.137. The number of benzene rings is 2. The summed E-state index contributed by atoms with van der Waals surface area (Å²) in [7, 11) is 1.49. The summed E-state index contributed by atoms with van der Waals surface area (Å²) >= 11 is 0. The van der Waals surface area contributed by atoms with Crippen molar-refractivity contribution >= 4 is 27.8 Å². The SMILES string of the molecule is COc1cccc2cc(-c3cc(C(=O)O)c4cc(C(F)(F)F)ccc4n3)oc12. The number of carboxylic acid groups (broad SMARTS) is 1. The third-order valence-corrected chi connectivity index (χ3v) is 4.35. The van der Waals surface area contributed by atoms with Crippen molar-refractivity contribution in [2.24, 2.45) is 0 Å². The summed E-state index contributed by atoms with van der Waals surface area (Å²) in [4.78, 5) is 16.0. The van der Waals surface area contributed by atoms with E-state index in [4.69, 9.17) is 9.15 Å². The molecule has 0 radical (unpaired) electrons. The molecule has 0 unspecified atom stereocenters. The number of carboxylic acids is 1. The Morgan fingerprint density at radius 3 is 2.61 bits per heavy atom. The molecule has 5 nitrogen and oxygen atoms in total. The summed E-state index contributed by atoms with van der Waals surface area (Å²) in [5.41, 5.74) is -0.450. The van der Waals surface area contributed by atoms with Crippen LogP contribution >= 0.6 is 0 Å². The maximum atomic E-state index is 13.0. The third-order valence-electron chi connectivity index (χ3n) is 4.35. The van der Waals surface area contributed by atoms with E-state index in [1.807, 2.05) is 0 Å². The molecular weight excluding hydrogens is 375 g/mol. The van der Waals surface area contributed by atoms with E-state index in [-0.39, 0.29) is 27.9 Å². The van der Waals surface area contributed by atoms with Crippen LogP contribution in [-0.4, -0.2) is 23.2 Å². The number of nitrogens with zero attached hydrogens (tertiary/aromatic N) is 1. The Hall–Kier alpha value is -3.55. The van der Waals surface area contributed by atoms with Crippen LogP contribution in [0.3, 0.4) is 0 Å². The van der Waals surface area contributed by atoms with Crippen molar-refractivity contribution in [3.05, 3.63) is 59.7 Å². The van der Waals surface area contributed by atoms with Gasteiger partial charge in [-0.3, -0.25) is 0 Å². The number of methoxy groups -OCH3 is 1. The van der Waals surface area contributed by atoms with E-state index in [1.54, 1.807) is 24.3 Å². The number of aromatic carboxylic acids is 1. The van der Waals surface area contributed by atoms with Gasteiger partial charge in [0.15, 0.2) is 17.1 Å². The molecule has 0 saturated heterocycles. The lowest BCUT2D eigenvalue weighted by Gasteiger charge is -2.10. The van der Waals surface area contributed by atoms with Gasteiger partial charge in [-0.05, 0) is 36.4 Å². The molecule has 142 valence electrons. The molecular formula is C20H12F3NO4. The zero-order chi connectivity index (χ0) is 20.1. The van der Waals surface area contributed by atoms with Crippen LogP contribution in [0.15, 0.2) is 52.9 Å². The van der Waals surface area contributed by atoms with Gasteiger partial charge in [-0.2, -0.15) is 13.2 Å². The highest BCUT2D eigenvalue weighted by Crippen LogP contribution is 2.36. The molecule has 4 rings (SSSR count). The van der Waals surface area contributed by atoms with Crippen LogP contribution < -0.4 is 4.74 Å². The van der Waals surface area contributed by atoms with E-state index >= 15 is 0 Å². The first-order valence-electron chi connectivity index (χ1n) is 8.10. The molecule has 0 aliphatic carbocycles. The zero-order valence-electron chi connectivity index (χ0n) is 14.4. The molecule has 0 aliphatic rings. The molecule has 0 bridgehead atoms. The van der Waals surface area contributed by atoms with Gasteiger partial charge >= 0.3 is 12.1 Å². The van der Waals surface area contributed by atoms with Crippen molar-refractivity contribution in [1.29, 1.82) is 0 Å². The second-order valence-corrected chi connectivity index (χ2v) is 6.08. The predicted molar refractivity (Wildman–Crippen MR) is 95.5 cm³/mol. The third kappa shape index (κ3) is 2.92. The van der Waals surface area contributed by atoms with Gasteiger partial charge in [-0.1, -0.05) is 12.1 Å². The van der Waals surface area contributed by atoms with Crippen LogP contribution in [-0.2, 0) is 6.18 Å². The highest BCUT2D eigenvalue weighted by molar-refractivity contribution is 6.04. The van der Waals surface area contributed by atoms with Crippen LogP contribution in [0.2, 0.25) is 0 Å². The van der Waals surface area contributed by atoms with Crippen LogP contribution in [0.25, 0.3) is 33.3 Å². The van der Waals surface area contributed by atoms with Gasteiger partial charge in [0.2, 0.25) is 0 Å². The molecule has 4 aromatic rings. The minimum absolute atomic E-state index is 0.0974. The summed E-state index contributed by atoms with van der Waals surface area (Å²) in [6.45, 7) is 0. The molecule has 28 heavy (non-hydrogen) atoms. The average molecular weight is 387 g/mol. The largest absolute Gasteiger partial charge is 0.493 e. The maximum absolute atomic E-state index is 13.0. The second-order valence-electron chi connectivity index (χ2n) is 6.08. The molecule has 0 spiro atoms. The van der Waals surface area contributed by atoms with Gasteiger partial charge in [0, 0.05) is 10.8 Å². The lowest BCUT2D eigenvalue weighted by Crippen LogP contribution is -2.06. The van der Waals surface area contributed by atoms with E-state index in [2.05, 4.69) is 4.98 Å². The van der Waals surface area contributed by atoms with Crippen molar-refractivity contribution in [3.63, 3.8) is 0 Å². The van der Waals surface area contributed by atoms with Gasteiger partial charge in [-0.15, -0.1) is 0 Å². The summed E-state index contributed by atoms with van der Waals surface area (Å²) < 4.78 is 50.0. The summed E-state index contributed by atoms with van der Waals surface area (Å²) in [6, 6.07) is 11.0. The zero-order valence-corrected chi connectivity index (χ0v) is 14.4. The minimum Gasteiger partial charge on any atom is -0.493 e.